The number of carbonyl (C=O) groups is 1. The van der Waals surface area contributed by atoms with E-state index in [0.717, 1.165) is 25.3 Å². The van der Waals surface area contributed by atoms with Crippen molar-refractivity contribution < 1.29 is 35.9 Å². The lowest BCUT2D eigenvalue weighted by Crippen LogP contribution is -2.33. The first-order valence-corrected chi connectivity index (χ1v) is 7.88. The minimum atomic E-state index is -4.58. The molecule has 136 valence electrons. The van der Waals surface area contributed by atoms with Gasteiger partial charge in [0, 0.05) is 12.2 Å². The lowest BCUT2D eigenvalue weighted by Gasteiger charge is -2.24. The molecule has 0 aliphatic rings. The molecule has 0 amide bonds. The van der Waals surface area contributed by atoms with Crippen molar-refractivity contribution >= 4 is 29.3 Å². The maximum absolute atomic E-state index is 12.7. The summed E-state index contributed by atoms with van der Waals surface area (Å²) in [6.07, 6.45) is -10.6. The zero-order valence-corrected chi connectivity index (χ0v) is 13.9. The van der Waals surface area contributed by atoms with Gasteiger partial charge in [-0.15, -0.1) is 11.8 Å². The van der Waals surface area contributed by atoms with Crippen molar-refractivity contribution in [3.05, 3.63) is 35.4 Å². The number of carbonyl (C=O) groups excluding carboxylic acids is 1. The Bertz CT molecular complexity index is 575. The molecule has 1 aromatic rings. The molecule has 0 spiro atoms. The Labute approximate surface area is 143 Å². The molecule has 0 saturated carbocycles. The average Bonchev–Trinajstić information content (AvgIpc) is 2.44. The van der Waals surface area contributed by atoms with Gasteiger partial charge in [0.15, 0.2) is 4.21 Å². The second kappa shape index (κ2) is 7.86. The van der Waals surface area contributed by atoms with Crippen LogP contribution in [0.3, 0.4) is 0 Å². The van der Waals surface area contributed by atoms with E-state index in [-0.39, 0.29) is 5.56 Å². The highest BCUT2D eigenvalue weighted by atomic mass is 35.5. The van der Waals surface area contributed by atoms with Crippen LogP contribution in [-0.2, 0) is 22.1 Å². The zero-order valence-electron chi connectivity index (χ0n) is 12.3. The van der Waals surface area contributed by atoms with E-state index in [4.69, 9.17) is 11.6 Å². The zero-order chi connectivity index (χ0) is 18.6. The van der Waals surface area contributed by atoms with Crippen molar-refractivity contribution in [2.75, 3.05) is 12.9 Å². The standard InChI is InChI=1S/C14H13ClF6O2S/c1-23-11(22)12(15,24-6-5-13(16,17)18)8-9-3-2-4-10(7-9)14(19,20)21/h2-4,7H,5-6,8H2,1H3. The van der Waals surface area contributed by atoms with Crippen molar-refractivity contribution in [3.63, 3.8) is 0 Å². The molecule has 10 heteroatoms. The fraction of sp³-hybridized carbons (Fsp3) is 0.500. The molecule has 1 atom stereocenters. The van der Waals surface area contributed by atoms with Gasteiger partial charge in [-0.25, -0.2) is 4.79 Å². The molecule has 2 nitrogen and oxygen atoms in total. The number of hydrogen-bond donors (Lipinski definition) is 0. The van der Waals surface area contributed by atoms with Crippen molar-refractivity contribution in [1.82, 2.24) is 0 Å². The van der Waals surface area contributed by atoms with Crippen LogP contribution in [0, 0.1) is 0 Å². The maximum atomic E-state index is 12.7. The van der Waals surface area contributed by atoms with Crippen molar-refractivity contribution in [3.8, 4) is 0 Å². The molecule has 0 aliphatic heterocycles. The molecule has 0 heterocycles. The first-order valence-electron chi connectivity index (χ1n) is 6.51. The summed E-state index contributed by atoms with van der Waals surface area (Å²) >= 11 is 6.54. The highest BCUT2D eigenvalue weighted by Gasteiger charge is 2.40. The molecule has 1 unspecified atom stereocenters. The SMILES string of the molecule is COC(=O)C(Cl)(Cc1cccc(C(F)(F)F)c1)SCCC(F)(F)F. The Morgan fingerprint density at radius 3 is 2.33 bits per heavy atom. The van der Waals surface area contributed by atoms with E-state index in [1.807, 2.05) is 0 Å². The maximum Gasteiger partial charge on any atom is 0.416 e. The molecule has 24 heavy (non-hydrogen) atoms. The molecular weight excluding hydrogens is 382 g/mol. The van der Waals surface area contributed by atoms with Gasteiger partial charge in [-0.1, -0.05) is 29.8 Å². The van der Waals surface area contributed by atoms with Gasteiger partial charge in [0.1, 0.15) is 0 Å². The normalized spacial score (nSPS) is 15.0. The summed E-state index contributed by atoms with van der Waals surface area (Å²) in [5.74, 6) is -1.55. The number of alkyl halides is 7. The number of thioether (sulfide) groups is 1. The van der Waals surface area contributed by atoms with Crippen LogP contribution in [0.15, 0.2) is 24.3 Å². The monoisotopic (exact) mass is 394 g/mol. The fourth-order valence-electron chi connectivity index (χ4n) is 1.78. The van der Waals surface area contributed by atoms with E-state index in [1.165, 1.54) is 6.07 Å². The van der Waals surface area contributed by atoms with Crippen LogP contribution < -0.4 is 0 Å². The third-order valence-corrected chi connectivity index (χ3v) is 4.68. The van der Waals surface area contributed by atoms with Gasteiger partial charge < -0.3 is 4.74 Å². The van der Waals surface area contributed by atoms with E-state index in [1.54, 1.807) is 0 Å². The molecule has 0 aliphatic carbocycles. The summed E-state index contributed by atoms with van der Waals surface area (Å²) in [4.78, 5) is 11.8. The fourth-order valence-corrected chi connectivity index (χ4v) is 3.37. The summed E-state index contributed by atoms with van der Waals surface area (Å²) in [5, 5.41) is 0. The number of halogens is 7. The molecule has 0 fully saturated rings. The van der Waals surface area contributed by atoms with Gasteiger partial charge in [-0.05, 0) is 11.6 Å². The van der Waals surface area contributed by atoms with Crippen molar-refractivity contribution in [2.24, 2.45) is 0 Å². The summed E-state index contributed by atoms with van der Waals surface area (Å²) in [5.41, 5.74) is -0.881. The molecule has 1 rings (SSSR count). The number of methoxy groups -OCH3 is 1. The first kappa shape index (κ1) is 21.0. The second-order valence-corrected chi connectivity index (χ2v) is 7.07. The minimum absolute atomic E-state index is 0.0599. The van der Waals surface area contributed by atoms with E-state index < -0.39 is 46.7 Å². The topological polar surface area (TPSA) is 26.3 Å². The van der Waals surface area contributed by atoms with Crippen LogP contribution in [0.4, 0.5) is 26.3 Å². The molecule has 0 N–H and O–H groups in total. The van der Waals surface area contributed by atoms with Crippen molar-refractivity contribution in [2.45, 2.75) is 29.4 Å². The van der Waals surface area contributed by atoms with Crippen LogP contribution in [-0.4, -0.2) is 29.2 Å². The third-order valence-electron chi connectivity index (χ3n) is 2.89. The highest BCUT2D eigenvalue weighted by Crippen LogP contribution is 2.38. The number of benzene rings is 1. The summed E-state index contributed by atoms with van der Waals surface area (Å²) < 4.78 is 77.3. The number of ether oxygens (including phenoxy) is 1. The van der Waals surface area contributed by atoms with Crippen LogP contribution in [0.25, 0.3) is 0 Å². The third kappa shape index (κ3) is 6.43. The van der Waals surface area contributed by atoms with Crippen LogP contribution in [0.2, 0.25) is 0 Å². The van der Waals surface area contributed by atoms with Crippen LogP contribution in [0.5, 0.6) is 0 Å². The Kier molecular flexibility index (Phi) is 6.86. The Hall–Kier alpha value is -1.09. The summed E-state index contributed by atoms with van der Waals surface area (Å²) in [6.45, 7) is 0. The van der Waals surface area contributed by atoms with Crippen molar-refractivity contribution in [1.29, 1.82) is 0 Å². The molecule has 0 aromatic heterocycles. The quantitative estimate of drug-likeness (QED) is 0.384. The Balaban J connectivity index is 2.96. The number of esters is 1. The number of rotatable bonds is 6. The molecule has 0 radical (unpaired) electrons. The lowest BCUT2D eigenvalue weighted by molar-refractivity contribution is -0.141. The minimum Gasteiger partial charge on any atom is -0.467 e. The van der Waals surface area contributed by atoms with E-state index in [2.05, 4.69) is 4.74 Å². The van der Waals surface area contributed by atoms with Crippen LogP contribution >= 0.6 is 23.4 Å². The van der Waals surface area contributed by atoms with Gasteiger partial charge in [0.05, 0.1) is 19.1 Å². The lowest BCUT2D eigenvalue weighted by atomic mass is 10.1. The molecule has 0 saturated heterocycles. The summed E-state index contributed by atoms with van der Waals surface area (Å²) in [7, 11) is 0.996. The molecular formula is C14H13ClF6O2S. The highest BCUT2D eigenvalue weighted by molar-refractivity contribution is 8.02. The van der Waals surface area contributed by atoms with Gasteiger partial charge in [-0.2, -0.15) is 26.3 Å². The average molecular weight is 395 g/mol. The van der Waals surface area contributed by atoms with E-state index >= 15 is 0 Å². The van der Waals surface area contributed by atoms with Crippen LogP contribution in [0.1, 0.15) is 17.5 Å². The van der Waals surface area contributed by atoms with Gasteiger partial charge in [0.2, 0.25) is 0 Å². The summed E-state index contributed by atoms with van der Waals surface area (Å²) in [6, 6.07) is 4.07. The predicted octanol–water partition coefficient (Wildman–Crippen LogP) is 5.04. The van der Waals surface area contributed by atoms with Gasteiger partial charge >= 0.3 is 18.3 Å². The smallest absolute Gasteiger partial charge is 0.416 e. The second-order valence-electron chi connectivity index (χ2n) is 4.81. The largest absolute Gasteiger partial charge is 0.467 e. The van der Waals surface area contributed by atoms with Gasteiger partial charge in [-0.3, -0.25) is 0 Å². The molecule has 0 bridgehead atoms. The van der Waals surface area contributed by atoms with E-state index in [9.17, 15) is 31.1 Å². The number of hydrogen-bond acceptors (Lipinski definition) is 3. The van der Waals surface area contributed by atoms with Gasteiger partial charge in [0.25, 0.3) is 0 Å². The Morgan fingerprint density at radius 2 is 1.83 bits per heavy atom. The predicted molar refractivity (Wildman–Crippen MR) is 78.9 cm³/mol. The van der Waals surface area contributed by atoms with E-state index in [0.29, 0.717) is 11.8 Å². The molecule has 1 aromatic carbocycles. The first-order chi connectivity index (χ1) is 10.9. The Morgan fingerprint density at radius 1 is 1.21 bits per heavy atom.